The summed E-state index contributed by atoms with van der Waals surface area (Å²) in [7, 11) is 0. The Balaban J connectivity index is 2.19. The second-order valence-corrected chi connectivity index (χ2v) is 5.40. The monoisotopic (exact) mass is 336 g/mol. The highest BCUT2D eigenvalue weighted by atomic mass is 35.5. The molecule has 2 aromatic carbocycles. The zero-order chi connectivity index (χ0) is 16.1. The third kappa shape index (κ3) is 4.00. The lowest BCUT2D eigenvalue weighted by molar-refractivity contribution is -0.120. The first-order chi connectivity index (χ1) is 10.5. The number of para-hydroxylation sites is 2. The van der Waals surface area contributed by atoms with E-state index >= 15 is 0 Å². The number of carbonyl (C=O) groups excluding carboxylic acids is 2. The summed E-state index contributed by atoms with van der Waals surface area (Å²) in [5, 5.41) is 3.35. The maximum absolute atomic E-state index is 12.1. The minimum absolute atomic E-state index is 0.173. The molecule has 0 aliphatic heterocycles. The fourth-order valence-corrected chi connectivity index (χ4v) is 2.56. The van der Waals surface area contributed by atoms with Crippen LogP contribution in [-0.4, -0.2) is 18.4 Å². The molecular weight excluding hydrogens is 323 g/mol. The molecule has 0 spiro atoms. The van der Waals surface area contributed by atoms with E-state index in [4.69, 9.17) is 23.2 Å². The van der Waals surface area contributed by atoms with E-state index < -0.39 is 0 Å². The molecule has 0 aromatic heterocycles. The number of hydrogen-bond donors (Lipinski definition) is 1. The summed E-state index contributed by atoms with van der Waals surface area (Å²) >= 11 is 12.2. The maximum atomic E-state index is 12.1. The fraction of sp³-hybridized carbons (Fsp3) is 0.125. The molecule has 2 aromatic rings. The molecule has 0 aliphatic rings. The van der Waals surface area contributed by atoms with Crippen LogP contribution in [0.4, 0.5) is 11.4 Å². The van der Waals surface area contributed by atoms with E-state index in [0.29, 0.717) is 21.4 Å². The molecule has 4 nitrogen and oxygen atoms in total. The summed E-state index contributed by atoms with van der Waals surface area (Å²) < 4.78 is 0. The van der Waals surface area contributed by atoms with Gasteiger partial charge in [0.15, 0.2) is 0 Å². The minimum atomic E-state index is -0.336. The van der Waals surface area contributed by atoms with Crippen LogP contribution in [0.5, 0.6) is 0 Å². The van der Waals surface area contributed by atoms with Crippen molar-refractivity contribution >= 4 is 46.4 Å². The predicted octanol–water partition coefficient (Wildman–Crippen LogP) is 3.99. The number of amides is 2. The van der Waals surface area contributed by atoms with Gasteiger partial charge in [0.1, 0.15) is 6.54 Å². The van der Waals surface area contributed by atoms with Gasteiger partial charge in [-0.3, -0.25) is 9.59 Å². The minimum Gasteiger partial charge on any atom is -0.325 e. The Morgan fingerprint density at radius 2 is 1.59 bits per heavy atom. The zero-order valence-electron chi connectivity index (χ0n) is 11.8. The van der Waals surface area contributed by atoms with Gasteiger partial charge in [-0.25, -0.2) is 0 Å². The van der Waals surface area contributed by atoms with Gasteiger partial charge >= 0.3 is 0 Å². The van der Waals surface area contributed by atoms with Gasteiger partial charge in [-0.1, -0.05) is 47.5 Å². The van der Waals surface area contributed by atoms with Gasteiger partial charge < -0.3 is 10.2 Å². The van der Waals surface area contributed by atoms with Gasteiger partial charge in [0.25, 0.3) is 0 Å². The lowest BCUT2D eigenvalue weighted by atomic mass is 10.2. The van der Waals surface area contributed by atoms with Crippen LogP contribution in [0.25, 0.3) is 0 Å². The summed E-state index contributed by atoms with van der Waals surface area (Å²) in [6.07, 6.45) is 0. The summed E-state index contributed by atoms with van der Waals surface area (Å²) in [4.78, 5) is 25.3. The van der Waals surface area contributed by atoms with Crippen LogP contribution in [-0.2, 0) is 9.59 Å². The van der Waals surface area contributed by atoms with Crippen molar-refractivity contribution in [3.8, 4) is 0 Å². The van der Waals surface area contributed by atoms with E-state index in [9.17, 15) is 9.59 Å². The largest absolute Gasteiger partial charge is 0.325 e. The molecule has 0 bridgehead atoms. The first kappa shape index (κ1) is 16.3. The zero-order valence-corrected chi connectivity index (χ0v) is 13.4. The highest BCUT2D eigenvalue weighted by Gasteiger charge is 2.20. The molecule has 2 amide bonds. The van der Waals surface area contributed by atoms with Crippen molar-refractivity contribution in [2.45, 2.75) is 6.92 Å². The van der Waals surface area contributed by atoms with E-state index in [1.54, 1.807) is 30.3 Å². The van der Waals surface area contributed by atoms with Crippen LogP contribution in [0.2, 0.25) is 10.0 Å². The standard InChI is InChI=1S/C16H14Cl2N2O2/c1-11(21)20(16-13(17)8-5-9-14(16)18)10-15(22)19-12-6-3-2-4-7-12/h2-9H,10H2,1H3,(H,19,22). The van der Waals surface area contributed by atoms with E-state index in [-0.39, 0.29) is 18.4 Å². The molecule has 0 aliphatic carbocycles. The van der Waals surface area contributed by atoms with Crippen LogP contribution in [0.3, 0.4) is 0 Å². The van der Waals surface area contributed by atoms with Crippen LogP contribution in [0.15, 0.2) is 48.5 Å². The Morgan fingerprint density at radius 3 is 2.14 bits per heavy atom. The molecule has 2 rings (SSSR count). The maximum Gasteiger partial charge on any atom is 0.244 e. The summed E-state index contributed by atoms with van der Waals surface area (Å²) in [6.45, 7) is 1.18. The Hall–Kier alpha value is -2.04. The first-order valence-electron chi connectivity index (χ1n) is 6.56. The van der Waals surface area contributed by atoms with Gasteiger partial charge in [0.2, 0.25) is 11.8 Å². The number of anilines is 2. The van der Waals surface area contributed by atoms with Crippen molar-refractivity contribution in [2.75, 3.05) is 16.8 Å². The highest BCUT2D eigenvalue weighted by molar-refractivity contribution is 6.40. The lowest BCUT2D eigenvalue weighted by Gasteiger charge is -2.23. The summed E-state index contributed by atoms with van der Waals surface area (Å²) in [5.74, 6) is -0.657. The molecule has 0 saturated carbocycles. The number of halogens is 2. The van der Waals surface area contributed by atoms with Crippen molar-refractivity contribution < 1.29 is 9.59 Å². The molecule has 114 valence electrons. The van der Waals surface area contributed by atoms with Gasteiger partial charge in [0.05, 0.1) is 15.7 Å². The molecule has 0 atom stereocenters. The number of carbonyl (C=O) groups is 2. The second-order valence-electron chi connectivity index (χ2n) is 4.59. The van der Waals surface area contributed by atoms with Gasteiger partial charge in [0, 0.05) is 12.6 Å². The van der Waals surface area contributed by atoms with E-state index in [0.717, 1.165) is 0 Å². The van der Waals surface area contributed by atoms with Crippen molar-refractivity contribution in [1.82, 2.24) is 0 Å². The average Bonchev–Trinajstić information content (AvgIpc) is 2.46. The topological polar surface area (TPSA) is 49.4 Å². The number of nitrogens with one attached hydrogen (secondary N) is 1. The molecular formula is C16H14Cl2N2O2. The lowest BCUT2D eigenvalue weighted by Crippen LogP contribution is -2.37. The van der Waals surface area contributed by atoms with Crippen molar-refractivity contribution in [1.29, 1.82) is 0 Å². The Bertz CT molecular complexity index is 670. The summed E-state index contributed by atoms with van der Waals surface area (Å²) in [5.41, 5.74) is 0.989. The second kappa shape index (κ2) is 7.29. The molecule has 6 heteroatoms. The molecule has 0 saturated heterocycles. The number of nitrogens with zero attached hydrogens (tertiary/aromatic N) is 1. The quantitative estimate of drug-likeness (QED) is 0.917. The molecule has 0 unspecified atom stereocenters. The smallest absolute Gasteiger partial charge is 0.244 e. The number of rotatable bonds is 4. The molecule has 1 N–H and O–H groups in total. The Labute approximate surface area is 138 Å². The third-order valence-electron chi connectivity index (χ3n) is 2.95. The van der Waals surface area contributed by atoms with Crippen molar-refractivity contribution in [3.05, 3.63) is 58.6 Å². The summed E-state index contributed by atoms with van der Waals surface area (Å²) in [6, 6.07) is 13.9. The van der Waals surface area contributed by atoms with Crippen LogP contribution in [0.1, 0.15) is 6.92 Å². The third-order valence-corrected chi connectivity index (χ3v) is 3.56. The molecule has 0 heterocycles. The first-order valence-corrected chi connectivity index (χ1v) is 7.31. The highest BCUT2D eigenvalue weighted by Crippen LogP contribution is 2.33. The van der Waals surface area contributed by atoms with Crippen LogP contribution < -0.4 is 10.2 Å². The Morgan fingerprint density at radius 1 is 1.00 bits per heavy atom. The molecule has 22 heavy (non-hydrogen) atoms. The van der Waals surface area contributed by atoms with Crippen molar-refractivity contribution in [3.63, 3.8) is 0 Å². The van der Waals surface area contributed by atoms with Crippen LogP contribution >= 0.6 is 23.2 Å². The molecule has 0 fully saturated rings. The van der Waals surface area contributed by atoms with Gasteiger partial charge in [-0.05, 0) is 24.3 Å². The van der Waals surface area contributed by atoms with Crippen LogP contribution in [0, 0.1) is 0 Å². The Kier molecular flexibility index (Phi) is 5.41. The number of benzene rings is 2. The predicted molar refractivity (Wildman–Crippen MR) is 89.6 cm³/mol. The molecule has 0 radical (unpaired) electrons. The average molecular weight is 337 g/mol. The number of hydrogen-bond acceptors (Lipinski definition) is 2. The van der Waals surface area contributed by atoms with E-state index in [1.165, 1.54) is 11.8 Å². The van der Waals surface area contributed by atoms with E-state index in [2.05, 4.69) is 5.32 Å². The van der Waals surface area contributed by atoms with E-state index in [1.807, 2.05) is 18.2 Å². The fourth-order valence-electron chi connectivity index (χ4n) is 1.96. The van der Waals surface area contributed by atoms with Crippen molar-refractivity contribution in [2.24, 2.45) is 0 Å². The SMILES string of the molecule is CC(=O)N(CC(=O)Nc1ccccc1)c1c(Cl)cccc1Cl. The van der Waals surface area contributed by atoms with Gasteiger partial charge in [-0.2, -0.15) is 0 Å². The van der Waals surface area contributed by atoms with Gasteiger partial charge in [-0.15, -0.1) is 0 Å². The normalized spacial score (nSPS) is 10.1.